The molecule has 0 heterocycles. The molecule has 0 saturated heterocycles. The summed E-state index contributed by atoms with van der Waals surface area (Å²) >= 11 is 11.8. The molecule has 1 atom stereocenters. The summed E-state index contributed by atoms with van der Waals surface area (Å²) in [5, 5.41) is 22.1. The molecule has 1 unspecified atom stereocenters. The van der Waals surface area contributed by atoms with Gasteiger partial charge in [-0.1, -0.05) is 29.3 Å². The summed E-state index contributed by atoms with van der Waals surface area (Å²) in [7, 11) is 0. The van der Waals surface area contributed by atoms with E-state index in [-0.39, 0.29) is 25.3 Å². The molecule has 0 spiro atoms. The average Bonchev–Trinajstić information content (AvgIpc) is 2.25. The first-order valence-electron chi connectivity index (χ1n) is 5.01. The van der Waals surface area contributed by atoms with Gasteiger partial charge in [0.2, 0.25) is 0 Å². The predicted molar refractivity (Wildman–Crippen MR) is 66.0 cm³/mol. The summed E-state index contributed by atoms with van der Waals surface area (Å²) in [6.07, 6.45) is 0. The van der Waals surface area contributed by atoms with Gasteiger partial charge in [0.1, 0.15) is 0 Å². The van der Waals surface area contributed by atoms with Crippen LogP contribution in [0.4, 0.5) is 0 Å². The molecule has 0 saturated carbocycles. The Morgan fingerprint density at radius 1 is 1.25 bits per heavy atom. The van der Waals surface area contributed by atoms with Crippen molar-refractivity contribution < 1.29 is 10.2 Å². The first-order chi connectivity index (χ1) is 7.58. The fourth-order valence-corrected chi connectivity index (χ4v) is 2.03. The standard InChI is InChI=1S/C11H15Cl2NO2/c1-7(14-9(5-15)6-16)10-3-2-8(12)4-11(10)13/h2-4,7,9,14-16H,5-6H2,1H3. The fourth-order valence-electron chi connectivity index (χ4n) is 1.46. The molecule has 0 aliphatic carbocycles. The Morgan fingerprint density at radius 3 is 2.38 bits per heavy atom. The Labute approximate surface area is 105 Å². The van der Waals surface area contributed by atoms with Gasteiger partial charge in [0.25, 0.3) is 0 Å². The third-order valence-electron chi connectivity index (χ3n) is 2.36. The monoisotopic (exact) mass is 263 g/mol. The highest BCUT2D eigenvalue weighted by molar-refractivity contribution is 6.35. The van der Waals surface area contributed by atoms with Crippen molar-refractivity contribution in [3.8, 4) is 0 Å². The molecule has 0 amide bonds. The van der Waals surface area contributed by atoms with Gasteiger partial charge in [-0.15, -0.1) is 0 Å². The maximum atomic E-state index is 8.96. The van der Waals surface area contributed by atoms with Gasteiger partial charge in [-0.25, -0.2) is 0 Å². The molecule has 16 heavy (non-hydrogen) atoms. The maximum absolute atomic E-state index is 8.96. The quantitative estimate of drug-likeness (QED) is 0.762. The number of rotatable bonds is 5. The van der Waals surface area contributed by atoms with Gasteiger partial charge in [-0.05, 0) is 24.6 Å². The Hall–Kier alpha value is -0.320. The van der Waals surface area contributed by atoms with E-state index >= 15 is 0 Å². The molecule has 1 aromatic carbocycles. The lowest BCUT2D eigenvalue weighted by molar-refractivity contribution is 0.163. The lowest BCUT2D eigenvalue weighted by Crippen LogP contribution is -2.37. The van der Waals surface area contributed by atoms with Gasteiger partial charge in [-0.2, -0.15) is 0 Å². The van der Waals surface area contributed by atoms with E-state index < -0.39 is 0 Å². The van der Waals surface area contributed by atoms with E-state index in [0.717, 1.165) is 5.56 Å². The van der Waals surface area contributed by atoms with Gasteiger partial charge < -0.3 is 15.5 Å². The summed E-state index contributed by atoms with van der Waals surface area (Å²) in [4.78, 5) is 0. The first-order valence-corrected chi connectivity index (χ1v) is 5.76. The second-order valence-corrected chi connectivity index (χ2v) is 4.46. The van der Waals surface area contributed by atoms with Crippen LogP contribution in [0.25, 0.3) is 0 Å². The molecule has 5 heteroatoms. The second-order valence-electron chi connectivity index (χ2n) is 3.62. The van der Waals surface area contributed by atoms with Crippen molar-refractivity contribution in [2.45, 2.75) is 19.0 Å². The molecule has 0 radical (unpaired) electrons. The molecule has 1 rings (SSSR count). The van der Waals surface area contributed by atoms with Gasteiger partial charge in [0, 0.05) is 16.1 Å². The lowest BCUT2D eigenvalue weighted by Gasteiger charge is -2.21. The minimum atomic E-state index is -0.346. The maximum Gasteiger partial charge on any atom is 0.0607 e. The zero-order valence-corrected chi connectivity index (χ0v) is 10.5. The molecule has 0 aliphatic rings. The minimum Gasteiger partial charge on any atom is -0.395 e. The van der Waals surface area contributed by atoms with E-state index in [1.165, 1.54) is 0 Å². The largest absolute Gasteiger partial charge is 0.395 e. The van der Waals surface area contributed by atoms with Gasteiger partial charge in [0.15, 0.2) is 0 Å². The topological polar surface area (TPSA) is 52.5 Å². The fraction of sp³-hybridized carbons (Fsp3) is 0.455. The summed E-state index contributed by atoms with van der Waals surface area (Å²) in [6.45, 7) is 1.67. The van der Waals surface area contributed by atoms with E-state index in [2.05, 4.69) is 5.32 Å². The van der Waals surface area contributed by atoms with E-state index in [1.54, 1.807) is 12.1 Å². The van der Waals surface area contributed by atoms with Crippen LogP contribution in [-0.4, -0.2) is 29.5 Å². The average molecular weight is 264 g/mol. The van der Waals surface area contributed by atoms with Crippen molar-refractivity contribution in [3.05, 3.63) is 33.8 Å². The summed E-state index contributed by atoms with van der Waals surface area (Å²) in [5.74, 6) is 0. The SMILES string of the molecule is CC(NC(CO)CO)c1ccc(Cl)cc1Cl. The number of aliphatic hydroxyl groups is 2. The van der Waals surface area contributed by atoms with Crippen LogP contribution < -0.4 is 5.32 Å². The number of hydrogen-bond donors (Lipinski definition) is 3. The van der Waals surface area contributed by atoms with E-state index in [0.29, 0.717) is 10.0 Å². The molecule has 3 nitrogen and oxygen atoms in total. The summed E-state index contributed by atoms with van der Waals surface area (Å²) in [5.41, 5.74) is 0.887. The Balaban J connectivity index is 2.76. The van der Waals surface area contributed by atoms with Crippen LogP contribution in [0.15, 0.2) is 18.2 Å². The van der Waals surface area contributed by atoms with Gasteiger partial charge in [0.05, 0.1) is 19.3 Å². The second kappa shape index (κ2) is 6.42. The van der Waals surface area contributed by atoms with Crippen LogP contribution >= 0.6 is 23.2 Å². The van der Waals surface area contributed by atoms with Crippen molar-refractivity contribution in [2.24, 2.45) is 0 Å². The lowest BCUT2D eigenvalue weighted by atomic mass is 10.1. The number of nitrogens with one attached hydrogen (secondary N) is 1. The van der Waals surface area contributed by atoms with Crippen LogP contribution in [0.3, 0.4) is 0 Å². The predicted octanol–water partition coefficient (Wildman–Crippen LogP) is 2.00. The van der Waals surface area contributed by atoms with E-state index in [4.69, 9.17) is 33.4 Å². The molecule has 0 aromatic heterocycles. The number of hydrogen-bond acceptors (Lipinski definition) is 3. The minimum absolute atomic E-state index is 0.0610. The zero-order valence-electron chi connectivity index (χ0n) is 8.95. The van der Waals surface area contributed by atoms with Crippen molar-refractivity contribution in [1.82, 2.24) is 5.32 Å². The molecular formula is C11H15Cl2NO2. The highest BCUT2D eigenvalue weighted by Crippen LogP contribution is 2.26. The summed E-state index contributed by atoms with van der Waals surface area (Å²) in [6, 6.07) is 4.85. The number of benzene rings is 1. The molecule has 90 valence electrons. The van der Waals surface area contributed by atoms with Crippen molar-refractivity contribution >= 4 is 23.2 Å². The van der Waals surface area contributed by atoms with Crippen molar-refractivity contribution in [1.29, 1.82) is 0 Å². The summed E-state index contributed by atoms with van der Waals surface area (Å²) < 4.78 is 0. The molecule has 1 aromatic rings. The van der Waals surface area contributed by atoms with E-state index in [1.807, 2.05) is 13.0 Å². The Bertz CT molecular complexity index is 343. The Kier molecular flexibility index (Phi) is 5.52. The van der Waals surface area contributed by atoms with Crippen LogP contribution in [0.2, 0.25) is 10.0 Å². The first kappa shape index (κ1) is 13.7. The van der Waals surface area contributed by atoms with Gasteiger partial charge in [-0.3, -0.25) is 0 Å². The third-order valence-corrected chi connectivity index (χ3v) is 2.92. The van der Waals surface area contributed by atoms with Gasteiger partial charge >= 0.3 is 0 Å². The highest BCUT2D eigenvalue weighted by Gasteiger charge is 2.14. The zero-order chi connectivity index (χ0) is 12.1. The smallest absolute Gasteiger partial charge is 0.0607 e. The normalized spacial score (nSPS) is 13.1. The molecule has 0 fully saturated rings. The van der Waals surface area contributed by atoms with Crippen LogP contribution in [0.5, 0.6) is 0 Å². The van der Waals surface area contributed by atoms with Crippen LogP contribution in [0, 0.1) is 0 Å². The Morgan fingerprint density at radius 2 is 1.88 bits per heavy atom. The molecule has 3 N–H and O–H groups in total. The van der Waals surface area contributed by atoms with Crippen LogP contribution in [-0.2, 0) is 0 Å². The van der Waals surface area contributed by atoms with E-state index in [9.17, 15) is 0 Å². The molecule has 0 bridgehead atoms. The van der Waals surface area contributed by atoms with Crippen molar-refractivity contribution in [2.75, 3.05) is 13.2 Å². The molecule has 0 aliphatic heterocycles. The molecular weight excluding hydrogens is 249 g/mol. The van der Waals surface area contributed by atoms with Crippen LogP contribution in [0.1, 0.15) is 18.5 Å². The number of aliphatic hydroxyl groups excluding tert-OH is 2. The number of halogens is 2. The van der Waals surface area contributed by atoms with Crippen molar-refractivity contribution in [3.63, 3.8) is 0 Å². The third kappa shape index (κ3) is 3.61. The highest BCUT2D eigenvalue weighted by atomic mass is 35.5.